The van der Waals surface area contributed by atoms with Crippen LogP contribution < -0.4 is 5.32 Å². The lowest BCUT2D eigenvalue weighted by Crippen LogP contribution is -2.51. The van der Waals surface area contributed by atoms with Gasteiger partial charge < -0.3 is 20.0 Å². The highest BCUT2D eigenvalue weighted by Gasteiger charge is 2.59. The van der Waals surface area contributed by atoms with Crippen molar-refractivity contribution in [3.8, 4) is 5.75 Å². The molecule has 0 spiro atoms. The normalized spacial score (nSPS) is 32.4. The number of rotatable bonds is 9. The van der Waals surface area contributed by atoms with E-state index in [1.165, 1.54) is 24.8 Å². The Balaban J connectivity index is 1.19. The first-order valence-corrected chi connectivity index (χ1v) is 15.6. The average Bonchev–Trinajstić information content (AvgIpc) is 3.35. The minimum Gasteiger partial charge on any atom is -0.502 e. The molecule has 1 aromatic rings. The fourth-order valence-electron chi connectivity index (χ4n) is 9.13. The van der Waals surface area contributed by atoms with Gasteiger partial charge in [-0.2, -0.15) is 0 Å². The largest absolute Gasteiger partial charge is 0.502 e. The quantitative estimate of drug-likeness (QED) is 0.224. The lowest BCUT2D eigenvalue weighted by Gasteiger charge is -2.58. The van der Waals surface area contributed by atoms with Gasteiger partial charge in [-0.1, -0.05) is 30.6 Å². The number of nitro groups is 1. The predicted octanol–water partition coefficient (Wildman–Crippen LogP) is 5.04. The molecule has 0 bridgehead atoms. The van der Waals surface area contributed by atoms with E-state index in [1.54, 1.807) is 6.92 Å². The first-order chi connectivity index (χ1) is 20.9. The molecular formula is C33H43N3O8. The maximum absolute atomic E-state index is 12.7. The number of hydrogen-bond donors (Lipinski definition) is 2. The van der Waals surface area contributed by atoms with E-state index in [0.717, 1.165) is 63.1 Å². The number of phenols is 1. The SMILES string of the molecule is COC(=O)[C@H](Cc1ccc(O)c([N+](=O)[O-])c1)NC(=O)CO/N=C1/C=C2CC[C@@H]3[C@H]4CC[C@@H](C(C)=O)[C@]4(C)CC[C@H]3[C@@]2(C)CC1. The number of carbonyl (C=O) groups excluding carboxylic acids is 3. The third kappa shape index (κ3) is 5.85. The Labute approximate surface area is 257 Å². The van der Waals surface area contributed by atoms with Gasteiger partial charge in [-0.15, -0.1) is 0 Å². The number of ether oxygens (including phenoxy) is 1. The van der Waals surface area contributed by atoms with Crippen LogP contribution in [0.25, 0.3) is 0 Å². The molecule has 5 rings (SSSR count). The van der Waals surface area contributed by atoms with E-state index in [1.807, 2.05) is 0 Å². The summed E-state index contributed by atoms with van der Waals surface area (Å²) in [5.41, 5.74) is 2.30. The van der Waals surface area contributed by atoms with Crippen molar-refractivity contribution in [2.45, 2.75) is 84.6 Å². The maximum Gasteiger partial charge on any atom is 0.328 e. The molecule has 1 aromatic carbocycles. The number of nitro benzene ring substituents is 1. The number of aromatic hydroxyl groups is 1. The van der Waals surface area contributed by atoms with Crippen molar-refractivity contribution in [1.82, 2.24) is 5.32 Å². The number of ketones is 1. The Bertz CT molecular complexity index is 1410. The van der Waals surface area contributed by atoms with Crippen molar-refractivity contribution in [2.24, 2.45) is 39.7 Å². The van der Waals surface area contributed by atoms with Gasteiger partial charge in [0.2, 0.25) is 0 Å². The molecule has 4 aliphatic carbocycles. The fourth-order valence-corrected chi connectivity index (χ4v) is 9.13. The van der Waals surface area contributed by atoms with Crippen LogP contribution in [0.3, 0.4) is 0 Å². The third-order valence-electron chi connectivity index (χ3n) is 11.3. The van der Waals surface area contributed by atoms with Gasteiger partial charge in [0.25, 0.3) is 5.91 Å². The van der Waals surface area contributed by atoms with Gasteiger partial charge in [0, 0.05) is 18.4 Å². The van der Waals surface area contributed by atoms with Crippen LogP contribution in [0.5, 0.6) is 5.75 Å². The molecule has 0 radical (unpaired) electrons. The second kappa shape index (κ2) is 12.3. The molecule has 0 aromatic heterocycles. The Hall–Kier alpha value is -3.76. The van der Waals surface area contributed by atoms with Gasteiger partial charge in [0.15, 0.2) is 12.4 Å². The highest BCUT2D eigenvalue weighted by Crippen LogP contribution is 2.66. The number of fused-ring (bicyclic) bond motifs is 5. The van der Waals surface area contributed by atoms with Crippen molar-refractivity contribution in [2.75, 3.05) is 13.7 Å². The second-order valence-corrected chi connectivity index (χ2v) is 13.6. The first-order valence-electron chi connectivity index (χ1n) is 15.6. The Kier molecular flexibility index (Phi) is 8.87. The summed E-state index contributed by atoms with van der Waals surface area (Å²) in [7, 11) is 1.18. The van der Waals surface area contributed by atoms with Gasteiger partial charge in [-0.05, 0) is 105 Å². The van der Waals surface area contributed by atoms with Gasteiger partial charge in [0.1, 0.15) is 11.8 Å². The zero-order chi connectivity index (χ0) is 31.8. The number of hydrogen-bond acceptors (Lipinski definition) is 9. The molecule has 3 saturated carbocycles. The summed E-state index contributed by atoms with van der Waals surface area (Å²) in [6.45, 7) is 6.13. The standard InChI is InChI=1S/C33H43N3O8/c1-19(37)24-8-9-25-23-7-6-21-17-22(11-13-32(21,2)26(23)12-14-33(24,25)3)35-44-18-30(39)34-27(31(40)43-4)15-20-5-10-29(38)28(16-20)36(41)42/h5,10,16-17,23-27,38H,6-9,11-15,18H2,1-4H3,(H,34,39)/b35-22+/t23-,24+,25-,26-,27+,32+,33+/m1/s1. The number of allylic oxidation sites excluding steroid dienone is 2. The Morgan fingerprint density at radius 3 is 2.61 bits per heavy atom. The molecule has 4 aliphatic rings. The number of amides is 1. The lowest BCUT2D eigenvalue weighted by atomic mass is 9.46. The van der Waals surface area contributed by atoms with Gasteiger partial charge in [0.05, 0.1) is 17.7 Å². The topological polar surface area (TPSA) is 157 Å². The van der Waals surface area contributed by atoms with Crippen molar-refractivity contribution >= 4 is 29.1 Å². The number of methoxy groups -OCH3 is 1. The predicted molar refractivity (Wildman–Crippen MR) is 162 cm³/mol. The zero-order valence-electron chi connectivity index (χ0n) is 26.0. The Morgan fingerprint density at radius 2 is 1.91 bits per heavy atom. The summed E-state index contributed by atoms with van der Waals surface area (Å²) < 4.78 is 4.80. The van der Waals surface area contributed by atoms with Crippen LogP contribution in [0.15, 0.2) is 35.0 Å². The molecule has 7 atom stereocenters. The van der Waals surface area contributed by atoms with E-state index < -0.39 is 40.9 Å². The molecule has 3 fully saturated rings. The number of benzene rings is 1. The molecule has 11 heteroatoms. The van der Waals surface area contributed by atoms with Crippen molar-refractivity contribution in [3.05, 3.63) is 45.5 Å². The van der Waals surface area contributed by atoms with Crippen molar-refractivity contribution in [1.29, 1.82) is 0 Å². The molecule has 0 saturated heterocycles. The molecule has 0 aliphatic heterocycles. The summed E-state index contributed by atoms with van der Waals surface area (Å²) in [5.74, 6) is 0.626. The molecule has 0 heterocycles. The maximum atomic E-state index is 12.7. The highest BCUT2D eigenvalue weighted by molar-refractivity contribution is 5.96. The number of carbonyl (C=O) groups is 3. The third-order valence-corrected chi connectivity index (χ3v) is 11.3. The highest BCUT2D eigenvalue weighted by atomic mass is 16.6. The van der Waals surface area contributed by atoms with Gasteiger partial charge in [-0.3, -0.25) is 19.7 Å². The van der Waals surface area contributed by atoms with E-state index in [2.05, 4.69) is 30.4 Å². The first kappa shape index (κ1) is 31.7. The monoisotopic (exact) mass is 609 g/mol. The van der Waals surface area contributed by atoms with E-state index in [4.69, 9.17) is 9.57 Å². The number of oxime groups is 1. The molecule has 11 nitrogen and oxygen atoms in total. The summed E-state index contributed by atoms with van der Waals surface area (Å²) in [4.78, 5) is 53.3. The smallest absolute Gasteiger partial charge is 0.328 e. The number of esters is 1. The molecule has 1 amide bonds. The van der Waals surface area contributed by atoms with Gasteiger partial charge >= 0.3 is 11.7 Å². The van der Waals surface area contributed by atoms with Crippen LogP contribution in [0, 0.1) is 44.6 Å². The summed E-state index contributed by atoms with van der Waals surface area (Å²) >= 11 is 0. The zero-order valence-corrected chi connectivity index (χ0v) is 26.0. The number of Topliss-reactive ketones (excluding diaryl/α,β-unsaturated/α-hetero) is 1. The fraction of sp³-hybridized carbons (Fsp3) is 0.636. The minimum absolute atomic E-state index is 0.0731. The molecule has 44 heavy (non-hydrogen) atoms. The van der Waals surface area contributed by atoms with Crippen LogP contribution in [0.2, 0.25) is 0 Å². The number of nitrogens with one attached hydrogen (secondary N) is 1. The molecular weight excluding hydrogens is 566 g/mol. The molecule has 2 N–H and O–H groups in total. The summed E-state index contributed by atoms with van der Waals surface area (Å²) in [6, 6.07) is 2.65. The summed E-state index contributed by atoms with van der Waals surface area (Å²) in [5, 5.41) is 27.7. The lowest BCUT2D eigenvalue weighted by molar-refractivity contribution is -0.385. The molecule has 238 valence electrons. The van der Waals surface area contributed by atoms with E-state index >= 15 is 0 Å². The van der Waals surface area contributed by atoms with Crippen molar-refractivity contribution in [3.63, 3.8) is 0 Å². The molecule has 0 unspecified atom stereocenters. The Morgan fingerprint density at radius 1 is 1.14 bits per heavy atom. The van der Waals surface area contributed by atoms with E-state index in [0.29, 0.717) is 29.1 Å². The number of phenolic OH excluding ortho intramolecular Hbond substituents is 1. The second-order valence-electron chi connectivity index (χ2n) is 13.6. The summed E-state index contributed by atoms with van der Waals surface area (Å²) in [6.07, 6.45) is 10.4. The minimum atomic E-state index is -1.11. The average molecular weight is 610 g/mol. The van der Waals surface area contributed by atoms with E-state index in [-0.39, 0.29) is 23.2 Å². The van der Waals surface area contributed by atoms with Crippen LogP contribution in [-0.2, 0) is 30.4 Å². The van der Waals surface area contributed by atoms with Crippen LogP contribution in [0.4, 0.5) is 5.69 Å². The number of nitrogens with zero attached hydrogens (tertiary/aromatic N) is 2. The van der Waals surface area contributed by atoms with Gasteiger partial charge in [-0.25, -0.2) is 4.79 Å². The van der Waals surface area contributed by atoms with Crippen LogP contribution in [0.1, 0.15) is 77.7 Å². The van der Waals surface area contributed by atoms with Crippen LogP contribution in [-0.4, -0.2) is 53.2 Å². The van der Waals surface area contributed by atoms with Crippen LogP contribution >= 0.6 is 0 Å². The van der Waals surface area contributed by atoms with E-state index in [9.17, 15) is 29.6 Å². The van der Waals surface area contributed by atoms with Crippen molar-refractivity contribution < 1.29 is 34.0 Å².